The monoisotopic (exact) mass is 421 g/mol. The molecule has 0 spiro atoms. The Labute approximate surface area is 176 Å². The molecule has 4 aromatic rings. The minimum absolute atomic E-state index is 0.133. The Balaban J connectivity index is 1.52. The van der Waals surface area contributed by atoms with E-state index in [0.29, 0.717) is 15.4 Å². The van der Waals surface area contributed by atoms with Gasteiger partial charge in [-0.3, -0.25) is 9.59 Å². The summed E-state index contributed by atoms with van der Waals surface area (Å²) in [4.78, 5) is 33.1. The highest BCUT2D eigenvalue weighted by Gasteiger charge is 2.14. The van der Waals surface area contributed by atoms with E-state index < -0.39 is 0 Å². The molecule has 2 aromatic heterocycles. The van der Waals surface area contributed by atoms with E-state index in [0.717, 1.165) is 27.9 Å². The number of hydrogen-bond acceptors (Lipinski definition) is 5. The first-order valence-corrected chi connectivity index (χ1v) is 11.0. The summed E-state index contributed by atoms with van der Waals surface area (Å²) in [6.45, 7) is 3.92. The zero-order chi connectivity index (χ0) is 20.4. The molecule has 1 amide bonds. The average molecular weight is 422 g/mol. The molecule has 0 aliphatic carbocycles. The first kappa shape index (κ1) is 19.4. The van der Waals surface area contributed by atoms with Crippen LogP contribution >= 0.6 is 23.1 Å². The second-order valence-electron chi connectivity index (χ2n) is 6.67. The van der Waals surface area contributed by atoms with Crippen molar-refractivity contribution in [3.63, 3.8) is 0 Å². The second-order valence-corrected chi connectivity index (χ2v) is 8.49. The van der Waals surface area contributed by atoms with E-state index in [-0.39, 0.29) is 17.2 Å². The van der Waals surface area contributed by atoms with Crippen molar-refractivity contribution in [2.75, 3.05) is 11.1 Å². The number of carbonyl (C=O) groups is 1. The normalized spacial score (nSPS) is 11.0. The van der Waals surface area contributed by atoms with Crippen molar-refractivity contribution in [3.05, 3.63) is 75.4 Å². The van der Waals surface area contributed by atoms with Crippen molar-refractivity contribution in [1.29, 1.82) is 0 Å². The number of para-hydroxylation sites is 1. The Kier molecular flexibility index (Phi) is 5.51. The van der Waals surface area contributed by atoms with Gasteiger partial charge in [-0.05, 0) is 30.5 Å². The first-order valence-electron chi connectivity index (χ1n) is 9.09. The predicted octanol–water partition coefficient (Wildman–Crippen LogP) is 5.00. The molecule has 5 nitrogen and oxygen atoms in total. The molecule has 29 heavy (non-hydrogen) atoms. The zero-order valence-corrected chi connectivity index (χ0v) is 17.6. The molecule has 0 radical (unpaired) electrons. The van der Waals surface area contributed by atoms with Crippen molar-refractivity contribution in [3.8, 4) is 11.1 Å². The summed E-state index contributed by atoms with van der Waals surface area (Å²) < 4.78 is 0. The topological polar surface area (TPSA) is 74.8 Å². The number of nitrogens with one attached hydrogen (secondary N) is 2. The number of H-pyrrole nitrogens is 1. The van der Waals surface area contributed by atoms with Crippen LogP contribution in [0.1, 0.15) is 11.1 Å². The van der Waals surface area contributed by atoms with Gasteiger partial charge in [0.15, 0.2) is 5.16 Å². The van der Waals surface area contributed by atoms with Gasteiger partial charge in [-0.1, -0.05) is 60.3 Å². The summed E-state index contributed by atoms with van der Waals surface area (Å²) in [7, 11) is 0. The van der Waals surface area contributed by atoms with Crippen LogP contribution in [0.3, 0.4) is 0 Å². The van der Waals surface area contributed by atoms with E-state index in [1.807, 2.05) is 67.8 Å². The van der Waals surface area contributed by atoms with Gasteiger partial charge in [0.2, 0.25) is 5.91 Å². The Morgan fingerprint density at radius 2 is 1.83 bits per heavy atom. The van der Waals surface area contributed by atoms with E-state index in [9.17, 15) is 9.59 Å². The van der Waals surface area contributed by atoms with Gasteiger partial charge in [0, 0.05) is 16.6 Å². The van der Waals surface area contributed by atoms with Crippen molar-refractivity contribution in [1.82, 2.24) is 9.97 Å². The lowest BCUT2D eigenvalue weighted by molar-refractivity contribution is -0.113. The zero-order valence-electron chi connectivity index (χ0n) is 16.0. The van der Waals surface area contributed by atoms with Crippen LogP contribution in [0.5, 0.6) is 0 Å². The van der Waals surface area contributed by atoms with Crippen LogP contribution in [-0.2, 0) is 4.79 Å². The van der Waals surface area contributed by atoms with E-state index >= 15 is 0 Å². The molecule has 146 valence electrons. The first-order chi connectivity index (χ1) is 14.0. The molecule has 0 aliphatic rings. The van der Waals surface area contributed by atoms with Gasteiger partial charge in [-0.2, -0.15) is 0 Å². The number of nitrogens with zero attached hydrogens (tertiary/aromatic N) is 1. The molecule has 2 heterocycles. The molecule has 0 aliphatic heterocycles. The van der Waals surface area contributed by atoms with E-state index in [2.05, 4.69) is 15.3 Å². The highest BCUT2D eigenvalue weighted by molar-refractivity contribution is 7.99. The molecule has 0 atom stereocenters. The van der Waals surface area contributed by atoms with Gasteiger partial charge in [-0.25, -0.2) is 4.98 Å². The van der Waals surface area contributed by atoms with Gasteiger partial charge in [0.25, 0.3) is 5.56 Å². The summed E-state index contributed by atoms with van der Waals surface area (Å²) in [5, 5.41) is 5.93. The maximum Gasteiger partial charge on any atom is 0.260 e. The van der Waals surface area contributed by atoms with Gasteiger partial charge >= 0.3 is 0 Å². The van der Waals surface area contributed by atoms with Crippen LogP contribution in [-0.4, -0.2) is 21.6 Å². The number of aromatic amines is 1. The quantitative estimate of drug-likeness (QED) is 0.351. The van der Waals surface area contributed by atoms with Crippen molar-refractivity contribution in [2.45, 2.75) is 19.0 Å². The minimum atomic E-state index is -0.187. The highest BCUT2D eigenvalue weighted by atomic mass is 32.2. The molecule has 0 saturated carbocycles. The van der Waals surface area contributed by atoms with Crippen LogP contribution in [0.25, 0.3) is 21.3 Å². The third-order valence-electron chi connectivity index (χ3n) is 4.59. The fourth-order valence-corrected chi connectivity index (χ4v) is 4.82. The van der Waals surface area contributed by atoms with Gasteiger partial charge < -0.3 is 10.3 Å². The van der Waals surface area contributed by atoms with Gasteiger partial charge in [0.05, 0.1) is 11.1 Å². The van der Waals surface area contributed by atoms with E-state index in [1.165, 1.54) is 23.1 Å². The van der Waals surface area contributed by atoms with Crippen molar-refractivity contribution in [2.24, 2.45) is 0 Å². The number of benzene rings is 2. The van der Waals surface area contributed by atoms with E-state index in [4.69, 9.17) is 0 Å². The standard InChI is InChI=1S/C22H19N3O2S2/c1-13-7-6-8-14(2)19(13)23-17(26)12-29-22-24-20(27)18-16(11-28-21(18)25-22)15-9-4-3-5-10-15/h3-11H,12H2,1-2H3,(H,23,26)(H,24,25,27). The van der Waals surface area contributed by atoms with Crippen LogP contribution in [0, 0.1) is 13.8 Å². The number of aromatic nitrogens is 2. The Hall–Kier alpha value is -2.90. The molecule has 0 unspecified atom stereocenters. The summed E-state index contributed by atoms with van der Waals surface area (Å²) in [5.74, 6) is 0.0328. The Morgan fingerprint density at radius 3 is 2.55 bits per heavy atom. The summed E-state index contributed by atoms with van der Waals surface area (Å²) in [6.07, 6.45) is 0. The van der Waals surface area contributed by atoms with Gasteiger partial charge in [-0.15, -0.1) is 11.3 Å². The maximum atomic E-state index is 12.7. The SMILES string of the molecule is Cc1cccc(C)c1NC(=O)CSc1nc2scc(-c3ccccc3)c2c(=O)[nH]1. The summed E-state index contributed by atoms with van der Waals surface area (Å²) >= 11 is 2.65. The van der Waals surface area contributed by atoms with Crippen molar-refractivity contribution >= 4 is 44.9 Å². The number of amides is 1. The van der Waals surface area contributed by atoms with Gasteiger partial charge in [0.1, 0.15) is 4.83 Å². The number of anilines is 1. The number of hydrogen-bond donors (Lipinski definition) is 2. The molecular weight excluding hydrogens is 402 g/mol. The summed E-state index contributed by atoms with van der Waals surface area (Å²) in [6, 6.07) is 15.7. The fourth-order valence-electron chi connectivity index (χ4n) is 3.15. The lowest BCUT2D eigenvalue weighted by Gasteiger charge is -2.11. The molecule has 0 fully saturated rings. The Morgan fingerprint density at radius 1 is 1.10 bits per heavy atom. The third kappa shape index (κ3) is 4.11. The molecule has 2 aromatic carbocycles. The van der Waals surface area contributed by atoms with E-state index in [1.54, 1.807) is 0 Å². The Bertz CT molecular complexity index is 1230. The molecule has 7 heteroatoms. The van der Waals surface area contributed by atoms with Crippen LogP contribution in [0.15, 0.2) is 63.9 Å². The third-order valence-corrected chi connectivity index (χ3v) is 6.34. The average Bonchev–Trinajstić information content (AvgIpc) is 3.15. The summed E-state index contributed by atoms with van der Waals surface area (Å²) in [5.41, 5.74) is 4.54. The van der Waals surface area contributed by atoms with Crippen LogP contribution in [0.2, 0.25) is 0 Å². The predicted molar refractivity (Wildman–Crippen MR) is 121 cm³/mol. The lowest BCUT2D eigenvalue weighted by atomic mass is 10.1. The highest BCUT2D eigenvalue weighted by Crippen LogP contribution is 2.31. The molecule has 0 bridgehead atoms. The van der Waals surface area contributed by atoms with Crippen LogP contribution in [0.4, 0.5) is 5.69 Å². The number of carbonyl (C=O) groups excluding carboxylic acids is 1. The number of fused-ring (bicyclic) bond motifs is 1. The molecule has 4 rings (SSSR count). The molecule has 2 N–H and O–H groups in total. The van der Waals surface area contributed by atoms with Crippen LogP contribution < -0.4 is 10.9 Å². The smallest absolute Gasteiger partial charge is 0.260 e. The maximum absolute atomic E-state index is 12.7. The largest absolute Gasteiger partial charge is 0.325 e. The lowest BCUT2D eigenvalue weighted by Crippen LogP contribution is -2.16. The number of aryl methyl sites for hydroxylation is 2. The molecule has 0 saturated heterocycles. The molecular formula is C22H19N3O2S2. The number of rotatable bonds is 5. The number of thiophene rings is 1. The van der Waals surface area contributed by atoms with Crippen molar-refractivity contribution < 1.29 is 4.79 Å². The number of thioether (sulfide) groups is 1. The second kappa shape index (κ2) is 8.23. The fraction of sp³-hybridized carbons (Fsp3) is 0.136. The minimum Gasteiger partial charge on any atom is -0.325 e.